The van der Waals surface area contributed by atoms with Gasteiger partial charge >= 0.3 is 6.18 Å². The minimum absolute atomic E-state index is 0.0292. The van der Waals surface area contributed by atoms with Gasteiger partial charge in [-0.15, -0.1) is 0 Å². The van der Waals surface area contributed by atoms with Crippen molar-refractivity contribution in [1.29, 1.82) is 0 Å². The van der Waals surface area contributed by atoms with Crippen molar-refractivity contribution in [1.82, 2.24) is 4.98 Å². The Morgan fingerprint density at radius 3 is 1.97 bits per heavy atom. The van der Waals surface area contributed by atoms with E-state index >= 15 is 0 Å². The van der Waals surface area contributed by atoms with Crippen LogP contribution in [0.4, 0.5) is 18.9 Å². The number of nitrogens with one attached hydrogen (secondary N) is 1. The standard InChI is InChI=1S/C25H23F3N2O5/c1-32-19-9-7-15(5-6-16-12-20(33-2)23(35-4)21(13-16)34-3)11-18(19)30-24(31)17-8-10-22(29-14-17)25(26,27)28/h5-14H,1-4H3,(H,30,31)/b6-5-. The first-order valence-corrected chi connectivity index (χ1v) is 10.2. The minimum Gasteiger partial charge on any atom is -0.495 e. The van der Waals surface area contributed by atoms with Gasteiger partial charge in [-0.3, -0.25) is 9.78 Å². The second-order valence-corrected chi connectivity index (χ2v) is 7.14. The fraction of sp³-hybridized carbons (Fsp3) is 0.200. The first-order chi connectivity index (χ1) is 16.7. The van der Waals surface area contributed by atoms with E-state index in [4.69, 9.17) is 18.9 Å². The molecule has 1 heterocycles. The number of halogens is 3. The van der Waals surface area contributed by atoms with E-state index in [0.29, 0.717) is 28.7 Å². The van der Waals surface area contributed by atoms with Crippen molar-refractivity contribution in [2.24, 2.45) is 0 Å². The molecule has 184 valence electrons. The molecule has 1 aromatic heterocycles. The number of methoxy groups -OCH3 is 4. The van der Waals surface area contributed by atoms with E-state index < -0.39 is 17.8 Å². The number of nitrogens with zero attached hydrogens (tertiary/aromatic N) is 1. The van der Waals surface area contributed by atoms with Crippen LogP contribution in [0.15, 0.2) is 48.7 Å². The van der Waals surface area contributed by atoms with E-state index in [9.17, 15) is 18.0 Å². The van der Waals surface area contributed by atoms with E-state index in [2.05, 4.69) is 10.3 Å². The van der Waals surface area contributed by atoms with Gasteiger partial charge in [-0.2, -0.15) is 13.2 Å². The molecule has 0 aliphatic carbocycles. The average molecular weight is 488 g/mol. The van der Waals surface area contributed by atoms with Gasteiger partial charge in [0.05, 0.1) is 39.7 Å². The number of pyridine rings is 1. The zero-order chi connectivity index (χ0) is 25.6. The van der Waals surface area contributed by atoms with Gasteiger partial charge < -0.3 is 24.3 Å². The lowest BCUT2D eigenvalue weighted by atomic mass is 10.1. The zero-order valence-corrected chi connectivity index (χ0v) is 19.4. The molecule has 0 atom stereocenters. The molecule has 3 rings (SSSR count). The minimum atomic E-state index is -4.59. The highest BCUT2D eigenvalue weighted by atomic mass is 19.4. The third-order valence-corrected chi connectivity index (χ3v) is 4.94. The quantitative estimate of drug-likeness (QED) is 0.419. The second kappa shape index (κ2) is 10.8. The molecule has 2 aromatic carbocycles. The van der Waals surface area contributed by atoms with Crippen molar-refractivity contribution in [2.45, 2.75) is 6.18 Å². The van der Waals surface area contributed by atoms with Gasteiger partial charge in [0.1, 0.15) is 11.4 Å². The number of alkyl halides is 3. The van der Waals surface area contributed by atoms with Crippen LogP contribution in [0, 0.1) is 0 Å². The Morgan fingerprint density at radius 1 is 0.829 bits per heavy atom. The normalized spacial score (nSPS) is 11.3. The number of hydrogen-bond acceptors (Lipinski definition) is 6. The SMILES string of the molecule is COc1ccc(/C=C\c2cc(OC)c(OC)c(OC)c2)cc1NC(=O)c1ccc(C(F)(F)F)nc1. The highest BCUT2D eigenvalue weighted by molar-refractivity contribution is 6.05. The van der Waals surface area contributed by atoms with E-state index in [1.807, 2.05) is 6.08 Å². The maximum absolute atomic E-state index is 12.7. The molecule has 0 aliphatic heterocycles. The molecule has 0 unspecified atom stereocenters. The maximum atomic E-state index is 12.7. The summed E-state index contributed by atoms with van der Waals surface area (Å²) in [7, 11) is 6.00. The molecule has 0 bridgehead atoms. The van der Waals surface area contributed by atoms with Crippen LogP contribution in [0.25, 0.3) is 12.2 Å². The zero-order valence-electron chi connectivity index (χ0n) is 19.4. The molecule has 0 saturated heterocycles. The van der Waals surface area contributed by atoms with Gasteiger partial charge in [0.15, 0.2) is 11.5 Å². The van der Waals surface area contributed by atoms with Crippen molar-refractivity contribution in [3.8, 4) is 23.0 Å². The van der Waals surface area contributed by atoms with Gasteiger partial charge in [0.25, 0.3) is 5.91 Å². The largest absolute Gasteiger partial charge is 0.495 e. The molecule has 0 radical (unpaired) electrons. The van der Waals surface area contributed by atoms with Crippen LogP contribution < -0.4 is 24.3 Å². The Hall–Kier alpha value is -4.21. The molecule has 0 aliphatic rings. The lowest BCUT2D eigenvalue weighted by molar-refractivity contribution is -0.141. The summed E-state index contributed by atoms with van der Waals surface area (Å²) in [6.07, 6.45) is -0.0945. The fourth-order valence-corrected chi connectivity index (χ4v) is 3.21. The number of benzene rings is 2. The first kappa shape index (κ1) is 25.4. The molecule has 1 N–H and O–H groups in total. The summed E-state index contributed by atoms with van der Waals surface area (Å²) in [5, 5.41) is 2.65. The van der Waals surface area contributed by atoms with E-state index in [-0.39, 0.29) is 5.56 Å². The topological polar surface area (TPSA) is 78.9 Å². The molecule has 3 aromatic rings. The molecule has 0 fully saturated rings. The van der Waals surface area contributed by atoms with Gasteiger partial charge in [0.2, 0.25) is 5.75 Å². The number of anilines is 1. The van der Waals surface area contributed by atoms with Gasteiger partial charge in [-0.1, -0.05) is 18.2 Å². The number of aromatic nitrogens is 1. The molecular formula is C25H23F3N2O5. The summed E-state index contributed by atoms with van der Waals surface area (Å²) >= 11 is 0. The second-order valence-electron chi connectivity index (χ2n) is 7.14. The van der Waals surface area contributed by atoms with Crippen LogP contribution in [0.1, 0.15) is 27.2 Å². The van der Waals surface area contributed by atoms with Gasteiger partial charge in [0, 0.05) is 6.20 Å². The molecule has 7 nitrogen and oxygen atoms in total. The summed E-state index contributed by atoms with van der Waals surface area (Å²) < 4.78 is 59.5. The van der Waals surface area contributed by atoms with Crippen molar-refractivity contribution in [3.05, 3.63) is 71.0 Å². The number of ether oxygens (including phenoxy) is 4. The van der Waals surface area contributed by atoms with Crippen LogP contribution in [0.5, 0.6) is 23.0 Å². The molecule has 0 saturated carbocycles. The highest BCUT2D eigenvalue weighted by Crippen LogP contribution is 2.38. The van der Waals surface area contributed by atoms with Crippen molar-refractivity contribution in [2.75, 3.05) is 33.8 Å². The van der Waals surface area contributed by atoms with E-state index in [1.54, 1.807) is 36.4 Å². The van der Waals surface area contributed by atoms with Crippen LogP contribution >= 0.6 is 0 Å². The van der Waals surface area contributed by atoms with Gasteiger partial charge in [-0.05, 0) is 47.5 Å². The van der Waals surface area contributed by atoms with Crippen molar-refractivity contribution < 1.29 is 36.9 Å². The van der Waals surface area contributed by atoms with Crippen molar-refractivity contribution in [3.63, 3.8) is 0 Å². The molecule has 35 heavy (non-hydrogen) atoms. The van der Waals surface area contributed by atoms with E-state index in [1.165, 1.54) is 28.4 Å². The van der Waals surface area contributed by atoms with Gasteiger partial charge in [-0.25, -0.2) is 0 Å². The summed E-state index contributed by atoms with van der Waals surface area (Å²) in [4.78, 5) is 15.9. The lowest BCUT2D eigenvalue weighted by Crippen LogP contribution is -2.14. The Kier molecular flexibility index (Phi) is 7.85. The molecule has 10 heteroatoms. The van der Waals surface area contributed by atoms with Crippen LogP contribution in [0.2, 0.25) is 0 Å². The summed E-state index contributed by atoms with van der Waals surface area (Å²) in [5.74, 6) is 1.22. The Morgan fingerprint density at radius 2 is 1.46 bits per heavy atom. The third-order valence-electron chi connectivity index (χ3n) is 4.94. The molecular weight excluding hydrogens is 465 g/mol. The predicted molar refractivity (Wildman–Crippen MR) is 125 cm³/mol. The van der Waals surface area contributed by atoms with E-state index in [0.717, 1.165) is 29.5 Å². The summed E-state index contributed by atoms with van der Waals surface area (Å²) in [6, 6.07) is 10.5. The number of hydrogen-bond donors (Lipinski definition) is 1. The Labute approximate surface area is 200 Å². The lowest BCUT2D eigenvalue weighted by Gasteiger charge is -2.13. The smallest absolute Gasteiger partial charge is 0.433 e. The number of carbonyl (C=O) groups is 1. The predicted octanol–water partition coefficient (Wildman–Crippen LogP) is 5.56. The maximum Gasteiger partial charge on any atom is 0.433 e. The number of rotatable bonds is 8. The van der Waals surface area contributed by atoms with Crippen molar-refractivity contribution >= 4 is 23.7 Å². The Balaban J connectivity index is 1.85. The van der Waals surface area contributed by atoms with Crippen LogP contribution in [-0.2, 0) is 6.18 Å². The number of carbonyl (C=O) groups excluding carboxylic acids is 1. The highest BCUT2D eigenvalue weighted by Gasteiger charge is 2.32. The summed E-state index contributed by atoms with van der Waals surface area (Å²) in [5.41, 5.74) is 0.727. The fourth-order valence-electron chi connectivity index (χ4n) is 3.21. The Bertz CT molecular complexity index is 1200. The number of amides is 1. The summed E-state index contributed by atoms with van der Waals surface area (Å²) in [6.45, 7) is 0. The monoisotopic (exact) mass is 488 g/mol. The third kappa shape index (κ3) is 6.03. The molecule has 1 amide bonds. The first-order valence-electron chi connectivity index (χ1n) is 10.2. The van der Waals surface area contributed by atoms with Crippen LogP contribution in [-0.4, -0.2) is 39.3 Å². The molecule has 0 spiro atoms. The van der Waals surface area contributed by atoms with Crippen LogP contribution in [0.3, 0.4) is 0 Å². The average Bonchev–Trinajstić information content (AvgIpc) is 2.86.